The number of carbonyl (C=O) groups excluding carboxylic acids is 1. The Kier molecular flexibility index (Phi) is 2.79. The van der Waals surface area contributed by atoms with E-state index in [1.807, 2.05) is 0 Å². The highest BCUT2D eigenvalue weighted by Crippen LogP contribution is 2.38. The number of anilines is 1. The van der Waals surface area contributed by atoms with E-state index in [0.717, 1.165) is 12.1 Å². The zero-order valence-corrected chi connectivity index (χ0v) is 10.5. The maximum Gasteiger partial charge on any atom is 0.249 e. The van der Waals surface area contributed by atoms with E-state index in [-0.39, 0.29) is 17.8 Å². The van der Waals surface area contributed by atoms with Gasteiger partial charge in [0.2, 0.25) is 5.91 Å². The molecule has 0 fully saturated rings. The first-order chi connectivity index (χ1) is 9.08. The van der Waals surface area contributed by atoms with Crippen LogP contribution >= 0.6 is 11.3 Å². The van der Waals surface area contributed by atoms with E-state index in [2.05, 4.69) is 4.98 Å². The Bertz CT molecular complexity index is 645. The SMILES string of the molecule is NC1C(=O)N(Cc2nccs2)c2cc(F)cc(F)c21. The Balaban J connectivity index is 2.06. The molecule has 1 amide bonds. The van der Waals surface area contributed by atoms with Gasteiger partial charge >= 0.3 is 0 Å². The first-order valence-corrected chi connectivity index (χ1v) is 6.40. The number of fused-ring (bicyclic) bond motifs is 1. The number of carbonyl (C=O) groups is 1. The third kappa shape index (κ3) is 1.91. The first-order valence-electron chi connectivity index (χ1n) is 5.52. The summed E-state index contributed by atoms with van der Waals surface area (Å²) in [5.74, 6) is -1.98. The topological polar surface area (TPSA) is 59.2 Å². The molecule has 0 bridgehead atoms. The van der Waals surface area contributed by atoms with Crippen molar-refractivity contribution < 1.29 is 13.6 Å². The maximum atomic E-state index is 13.7. The summed E-state index contributed by atoms with van der Waals surface area (Å²) in [5.41, 5.74) is 5.92. The Labute approximate surface area is 111 Å². The van der Waals surface area contributed by atoms with Gasteiger partial charge in [-0.25, -0.2) is 13.8 Å². The van der Waals surface area contributed by atoms with Crippen LogP contribution in [0, 0.1) is 11.6 Å². The Morgan fingerprint density at radius 2 is 2.21 bits per heavy atom. The van der Waals surface area contributed by atoms with Crippen molar-refractivity contribution in [1.82, 2.24) is 4.98 Å². The van der Waals surface area contributed by atoms with E-state index in [1.54, 1.807) is 11.6 Å². The number of aromatic nitrogens is 1. The lowest BCUT2D eigenvalue weighted by Gasteiger charge is -2.15. The molecular weight excluding hydrogens is 272 g/mol. The van der Waals surface area contributed by atoms with Gasteiger partial charge < -0.3 is 10.6 Å². The quantitative estimate of drug-likeness (QED) is 0.915. The van der Waals surface area contributed by atoms with Gasteiger partial charge in [-0.05, 0) is 6.07 Å². The molecule has 1 aromatic carbocycles. The lowest BCUT2D eigenvalue weighted by molar-refractivity contribution is -0.119. The van der Waals surface area contributed by atoms with E-state index >= 15 is 0 Å². The minimum absolute atomic E-state index is 0.0444. The molecule has 1 atom stereocenters. The normalized spacial score (nSPS) is 17.9. The van der Waals surface area contributed by atoms with Gasteiger partial charge in [-0.15, -0.1) is 11.3 Å². The van der Waals surface area contributed by atoms with Crippen molar-refractivity contribution in [3.8, 4) is 0 Å². The highest BCUT2D eigenvalue weighted by atomic mass is 32.1. The van der Waals surface area contributed by atoms with Crippen LogP contribution < -0.4 is 10.6 Å². The third-order valence-corrected chi connectivity index (χ3v) is 3.75. The molecule has 0 aliphatic carbocycles. The van der Waals surface area contributed by atoms with Gasteiger partial charge in [-0.1, -0.05) is 0 Å². The Morgan fingerprint density at radius 1 is 1.42 bits per heavy atom. The molecule has 1 aromatic heterocycles. The number of amides is 1. The van der Waals surface area contributed by atoms with Gasteiger partial charge in [-0.2, -0.15) is 0 Å². The maximum absolute atomic E-state index is 13.7. The van der Waals surface area contributed by atoms with Crippen LogP contribution in [0.25, 0.3) is 0 Å². The number of hydrogen-bond donors (Lipinski definition) is 1. The summed E-state index contributed by atoms with van der Waals surface area (Å²) in [6.07, 6.45) is 1.60. The van der Waals surface area contributed by atoms with Crippen LogP contribution in [-0.4, -0.2) is 10.9 Å². The molecule has 1 aliphatic heterocycles. The van der Waals surface area contributed by atoms with Crippen LogP contribution in [0.3, 0.4) is 0 Å². The fourth-order valence-electron chi connectivity index (χ4n) is 2.14. The minimum Gasteiger partial charge on any atom is -0.316 e. The van der Waals surface area contributed by atoms with Crippen LogP contribution in [0.5, 0.6) is 0 Å². The van der Waals surface area contributed by atoms with E-state index in [9.17, 15) is 13.6 Å². The molecule has 0 saturated carbocycles. The van der Waals surface area contributed by atoms with Crippen LogP contribution in [0.4, 0.5) is 14.5 Å². The highest BCUT2D eigenvalue weighted by Gasteiger charge is 2.38. The molecular formula is C12H9F2N3OS. The summed E-state index contributed by atoms with van der Waals surface area (Å²) in [4.78, 5) is 17.4. The summed E-state index contributed by atoms with van der Waals surface area (Å²) in [5, 5.41) is 2.45. The van der Waals surface area contributed by atoms with Gasteiger partial charge in [0.05, 0.1) is 12.2 Å². The number of halogens is 2. The number of nitrogens with two attached hydrogens (primary N) is 1. The Hall–Kier alpha value is -1.86. The van der Waals surface area contributed by atoms with Crippen molar-refractivity contribution in [2.24, 2.45) is 5.73 Å². The molecule has 2 heterocycles. The van der Waals surface area contributed by atoms with Crippen LogP contribution in [0.1, 0.15) is 16.6 Å². The largest absolute Gasteiger partial charge is 0.316 e. The zero-order chi connectivity index (χ0) is 13.6. The lowest BCUT2D eigenvalue weighted by atomic mass is 10.1. The second-order valence-electron chi connectivity index (χ2n) is 4.15. The van der Waals surface area contributed by atoms with Crippen LogP contribution in [0.15, 0.2) is 23.7 Å². The highest BCUT2D eigenvalue weighted by molar-refractivity contribution is 7.09. The lowest BCUT2D eigenvalue weighted by Crippen LogP contribution is -2.31. The molecule has 3 rings (SSSR count). The molecule has 1 unspecified atom stereocenters. The van der Waals surface area contributed by atoms with Gasteiger partial charge in [0.15, 0.2) is 0 Å². The summed E-state index contributed by atoms with van der Waals surface area (Å²) < 4.78 is 27.0. The predicted molar refractivity (Wildman–Crippen MR) is 66.6 cm³/mol. The standard InChI is InChI=1S/C12H9F2N3OS/c13-6-3-7(14)10-8(4-6)17(12(18)11(10)15)5-9-16-1-2-19-9/h1-4,11H,5,15H2. The van der Waals surface area contributed by atoms with Crippen molar-refractivity contribution in [2.45, 2.75) is 12.6 Å². The first kappa shape index (κ1) is 12.2. The average Bonchev–Trinajstić information content (AvgIpc) is 2.93. The van der Waals surface area contributed by atoms with E-state index in [1.165, 1.54) is 16.2 Å². The molecule has 0 radical (unpaired) electrons. The molecule has 98 valence electrons. The van der Waals surface area contributed by atoms with Crippen LogP contribution in [-0.2, 0) is 11.3 Å². The van der Waals surface area contributed by atoms with Crippen molar-refractivity contribution in [2.75, 3.05) is 4.90 Å². The van der Waals surface area contributed by atoms with Crippen molar-refractivity contribution in [3.05, 3.63) is 45.9 Å². The Morgan fingerprint density at radius 3 is 2.89 bits per heavy atom. The molecule has 4 nitrogen and oxygen atoms in total. The predicted octanol–water partition coefficient (Wildman–Crippen LogP) is 1.97. The van der Waals surface area contributed by atoms with Gasteiger partial charge in [-0.3, -0.25) is 4.79 Å². The summed E-state index contributed by atoms with van der Waals surface area (Å²) >= 11 is 1.36. The van der Waals surface area contributed by atoms with Crippen molar-refractivity contribution in [1.29, 1.82) is 0 Å². The number of benzene rings is 1. The average molecular weight is 281 g/mol. The van der Waals surface area contributed by atoms with Crippen molar-refractivity contribution >= 4 is 22.9 Å². The fraction of sp³-hybridized carbons (Fsp3) is 0.167. The van der Waals surface area contributed by atoms with Crippen molar-refractivity contribution in [3.63, 3.8) is 0 Å². The molecule has 0 spiro atoms. The molecule has 1 aliphatic rings. The third-order valence-electron chi connectivity index (χ3n) is 2.98. The summed E-state index contributed by atoms with van der Waals surface area (Å²) in [6, 6.07) is 0.769. The molecule has 7 heteroatoms. The van der Waals surface area contributed by atoms with Gasteiger partial charge in [0.1, 0.15) is 22.7 Å². The second kappa shape index (κ2) is 4.36. The summed E-state index contributed by atoms with van der Waals surface area (Å²) in [7, 11) is 0. The van der Waals surface area contributed by atoms with E-state index < -0.39 is 23.6 Å². The fourth-order valence-corrected chi connectivity index (χ4v) is 2.75. The number of thiazole rings is 1. The minimum atomic E-state index is -1.09. The van der Waals surface area contributed by atoms with E-state index in [0.29, 0.717) is 5.01 Å². The second-order valence-corrected chi connectivity index (χ2v) is 5.13. The smallest absolute Gasteiger partial charge is 0.249 e. The molecule has 2 N–H and O–H groups in total. The van der Waals surface area contributed by atoms with Gasteiger partial charge in [0.25, 0.3) is 0 Å². The monoisotopic (exact) mass is 281 g/mol. The molecule has 19 heavy (non-hydrogen) atoms. The molecule has 2 aromatic rings. The van der Waals surface area contributed by atoms with Gasteiger partial charge in [0, 0.05) is 23.2 Å². The number of hydrogen-bond acceptors (Lipinski definition) is 4. The molecule has 0 saturated heterocycles. The van der Waals surface area contributed by atoms with E-state index in [4.69, 9.17) is 5.73 Å². The number of nitrogens with zero attached hydrogens (tertiary/aromatic N) is 2. The summed E-state index contributed by atoms with van der Waals surface area (Å²) in [6.45, 7) is 0.167. The van der Waals surface area contributed by atoms with Crippen LogP contribution in [0.2, 0.25) is 0 Å². The number of rotatable bonds is 2. The zero-order valence-electron chi connectivity index (χ0n) is 9.64.